The highest BCUT2D eigenvalue weighted by molar-refractivity contribution is 4.98. The van der Waals surface area contributed by atoms with Crippen LogP contribution in [0.15, 0.2) is 0 Å². The van der Waals surface area contributed by atoms with Crippen LogP contribution in [0.25, 0.3) is 0 Å². The third-order valence-corrected chi connectivity index (χ3v) is 4.29. The Labute approximate surface area is 95.0 Å². The van der Waals surface area contributed by atoms with E-state index in [0.29, 0.717) is 12.0 Å². The lowest BCUT2D eigenvalue weighted by molar-refractivity contribution is 0.117. The van der Waals surface area contributed by atoms with Crippen molar-refractivity contribution in [2.45, 2.75) is 65.0 Å². The van der Waals surface area contributed by atoms with E-state index in [0.717, 1.165) is 12.5 Å². The SMILES string of the molecule is CCC(C)NC1(CN)CCC(C)CC1C. The second kappa shape index (κ2) is 5.31. The van der Waals surface area contributed by atoms with E-state index < -0.39 is 0 Å². The smallest absolute Gasteiger partial charge is 0.0332 e. The van der Waals surface area contributed by atoms with Crippen molar-refractivity contribution in [3.63, 3.8) is 0 Å². The summed E-state index contributed by atoms with van der Waals surface area (Å²) in [5.74, 6) is 1.58. The normalized spacial score (nSPS) is 39.0. The molecule has 0 aromatic heterocycles. The first-order valence-electron chi connectivity index (χ1n) is 6.51. The van der Waals surface area contributed by atoms with Crippen LogP contribution in [-0.2, 0) is 0 Å². The van der Waals surface area contributed by atoms with Crippen LogP contribution in [-0.4, -0.2) is 18.1 Å². The molecule has 1 saturated carbocycles. The van der Waals surface area contributed by atoms with E-state index in [-0.39, 0.29) is 5.54 Å². The molecule has 1 aliphatic rings. The lowest BCUT2D eigenvalue weighted by atomic mass is 9.69. The maximum absolute atomic E-state index is 6.01. The first kappa shape index (κ1) is 13.0. The van der Waals surface area contributed by atoms with Gasteiger partial charge in [-0.1, -0.05) is 20.8 Å². The summed E-state index contributed by atoms with van der Waals surface area (Å²) in [5.41, 5.74) is 6.22. The van der Waals surface area contributed by atoms with Gasteiger partial charge >= 0.3 is 0 Å². The minimum absolute atomic E-state index is 0.210. The fourth-order valence-corrected chi connectivity index (χ4v) is 2.87. The highest BCUT2D eigenvalue weighted by atomic mass is 15.0. The molecule has 0 aliphatic heterocycles. The third-order valence-electron chi connectivity index (χ3n) is 4.29. The second-order valence-corrected chi connectivity index (χ2v) is 5.59. The van der Waals surface area contributed by atoms with Crippen molar-refractivity contribution in [3.05, 3.63) is 0 Å². The summed E-state index contributed by atoms with van der Waals surface area (Å²) in [7, 11) is 0. The van der Waals surface area contributed by atoms with E-state index in [1.165, 1.54) is 25.7 Å². The van der Waals surface area contributed by atoms with Crippen LogP contribution in [0.5, 0.6) is 0 Å². The van der Waals surface area contributed by atoms with Gasteiger partial charge < -0.3 is 11.1 Å². The monoisotopic (exact) mass is 212 g/mol. The molecule has 0 saturated heterocycles. The predicted molar refractivity (Wildman–Crippen MR) is 66.9 cm³/mol. The van der Waals surface area contributed by atoms with Gasteiger partial charge in [0.25, 0.3) is 0 Å². The summed E-state index contributed by atoms with van der Waals surface area (Å²) in [6.07, 6.45) is 5.08. The van der Waals surface area contributed by atoms with Gasteiger partial charge in [-0.25, -0.2) is 0 Å². The van der Waals surface area contributed by atoms with Gasteiger partial charge in [0.2, 0.25) is 0 Å². The molecule has 0 radical (unpaired) electrons. The molecular weight excluding hydrogens is 184 g/mol. The number of hydrogen-bond acceptors (Lipinski definition) is 2. The van der Waals surface area contributed by atoms with Gasteiger partial charge in [-0.15, -0.1) is 0 Å². The van der Waals surface area contributed by atoms with Gasteiger partial charge in [0, 0.05) is 18.1 Å². The van der Waals surface area contributed by atoms with Crippen molar-refractivity contribution in [2.24, 2.45) is 17.6 Å². The molecule has 15 heavy (non-hydrogen) atoms. The summed E-state index contributed by atoms with van der Waals surface area (Å²) in [4.78, 5) is 0. The minimum atomic E-state index is 0.210. The lowest BCUT2D eigenvalue weighted by Crippen LogP contribution is -2.60. The summed E-state index contributed by atoms with van der Waals surface area (Å²) in [6.45, 7) is 10.0. The number of nitrogens with two attached hydrogens (primary N) is 1. The van der Waals surface area contributed by atoms with Gasteiger partial charge in [-0.3, -0.25) is 0 Å². The quantitative estimate of drug-likeness (QED) is 0.751. The minimum Gasteiger partial charge on any atom is -0.329 e. The molecule has 2 nitrogen and oxygen atoms in total. The molecule has 0 amide bonds. The number of nitrogens with one attached hydrogen (secondary N) is 1. The van der Waals surface area contributed by atoms with E-state index in [4.69, 9.17) is 5.73 Å². The highest BCUT2D eigenvalue weighted by Gasteiger charge is 2.39. The topological polar surface area (TPSA) is 38.0 Å². The number of hydrogen-bond donors (Lipinski definition) is 2. The standard InChI is InChI=1S/C13H28N2/c1-5-12(4)15-13(9-14)7-6-10(2)8-11(13)3/h10-12,15H,5-9,14H2,1-4H3. The molecule has 0 aromatic carbocycles. The highest BCUT2D eigenvalue weighted by Crippen LogP contribution is 2.36. The fraction of sp³-hybridized carbons (Fsp3) is 1.00. The molecule has 0 heterocycles. The van der Waals surface area contributed by atoms with Gasteiger partial charge in [-0.05, 0) is 44.4 Å². The van der Waals surface area contributed by atoms with E-state index in [1.807, 2.05) is 0 Å². The molecule has 3 N–H and O–H groups in total. The van der Waals surface area contributed by atoms with Crippen molar-refractivity contribution >= 4 is 0 Å². The predicted octanol–water partition coefficient (Wildman–Crippen LogP) is 2.53. The summed E-state index contributed by atoms with van der Waals surface area (Å²) in [6, 6.07) is 0.587. The Bertz CT molecular complexity index is 193. The van der Waals surface area contributed by atoms with E-state index in [1.54, 1.807) is 0 Å². The summed E-state index contributed by atoms with van der Waals surface area (Å²) in [5, 5.41) is 3.78. The van der Waals surface area contributed by atoms with Crippen molar-refractivity contribution in [1.82, 2.24) is 5.32 Å². The first-order valence-corrected chi connectivity index (χ1v) is 6.51. The molecular formula is C13H28N2. The van der Waals surface area contributed by atoms with Crippen LogP contribution < -0.4 is 11.1 Å². The van der Waals surface area contributed by atoms with Crippen molar-refractivity contribution < 1.29 is 0 Å². The van der Waals surface area contributed by atoms with Crippen LogP contribution in [0.3, 0.4) is 0 Å². The third kappa shape index (κ3) is 2.94. The van der Waals surface area contributed by atoms with Crippen LogP contribution >= 0.6 is 0 Å². The van der Waals surface area contributed by atoms with E-state index >= 15 is 0 Å². The zero-order valence-electron chi connectivity index (χ0n) is 10.8. The molecule has 1 rings (SSSR count). The molecule has 0 aromatic rings. The Morgan fingerprint density at radius 1 is 1.47 bits per heavy atom. The summed E-state index contributed by atoms with van der Waals surface area (Å²) < 4.78 is 0. The molecule has 4 atom stereocenters. The first-order chi connectivity index (χ1) is 7.04. The van der Waals surface area contributed by atoms with Gasteiger partial charge in [0.15, 0.2) is 0 Å². The molecule has 90 valence electrons. The Balaban J connectivity index is 2.66. The van der Waals surface area contributed by atoms with Crippen LogP contribution in [0.2, 0.25) is 0 Å². The average molecular weight is 212 g/mol. The molecule has 1 aliphatic carbocycles. The van der Waals surface area contributed by atoms with Crippen molar-refractivity contribution in [1.29, 1.82) is 0 Å². The molecule has 1 fully saturated rings. The molecule has 4 unspecified atom stereocenters. The van der Waals surface area contributed by atoms with Gasteiger partial charge in [0.1, 0.15) is 0 Å². The zero-order chi connectivity index (χ0) is 11.5. The lowest BCUT2D eigenvalue weighted by Gasteiger charge is -2.46. The van der Waals surface area contributed by atoms with Crippen LogP contribution in [0, 0.1) is 11.8 Å². The van der Waals surface area contributed by atoms with Crippen molar-refractivity contribution in [2.75, 3.05) is 6.54 Å². The zero-order valence-corrected chi connectivity index (χ0v) is 10.8. The maximum atomic E-state index is 6.01. The molecule has 2 heteroatoms. The van der Waals surface area contributed by atoms with E-state index in [9.17, 15) is 0 Å². The Kier molecular flexibility index (Phi) is 4.60. The Morgan fingerprint density at radius 3 is 2.60 bits per heavy atom. The largest absolute Gasteiger partial charge is 0.329 e. The van der Waals surface area contributed by atoms with Crippen LogP contribution in [0.1, 0.15) is 53.4 Å². The second-order valence-electron chi connectivity index (χ2n) is 5.59. The van der Waals surface area contributed by atoms with E-state index in [2.05, 4.69) is 33.0 Å². The van der Waals surface area contributed by atoms with Gasteiger partial charge in [-0.2, -0.15) is 0 Å². The van der Waals surface area contributed by atoms with Gasteiger partial charge in [0.05, 0.1) is 0 Å². The fourth-order valence-electron chi connectivity index (χ4n) is 2.87. The van der Waals surface area contributed by atoms with Crippen LogP contribution in [0.4, 0.5) is 0 Å². The average Bonchev–Trinajstić information content (AvgIpc) is 2.22. The molecule has 0 spiro atoms. The Hall–Kier alpha value is -0.0800. The molecule has 0 bridgehead atoms. The Morgan fingerprint density at radius 2 is 2.13 bits per heavy atom. The van der Waals surface area contributed by atoms with Crippen molar-refractivity contribution in [3.8, 4) is 0 Å². The summed E-state index contributed by atoms with van der Waals surface area (Å²) >= 11 is 0. The maximum Gasteiger partial charge on any atom is 0.0332 e. The number of rotatable bonds is 4.